The number of hydrazone groups is 1. The summed E-state index contributed by atoms with van der Waals surface area (Å²) in [5, 5.41) is 31.2. The van der Waals surface area contributed by atoms with Crippen molar-refractivity contribution in [3.63, 3.8) is 0 Å². The molecule has 0 fully saturated rings. The molecule has 0 amide bonds. The Morgan fingerprint density at radius 2 is 1.43 bits per heavy atom. The summed E-state index contributed by atoms with van der Waals surface area (Å²) < 4.78 is 116. The Hall–Kier alpha value is -2.53. The Labute approximate surface area is 149 Å². The fraction of sp³-hybridized carbons (Fsp3) is 0.429. The molecule has 2 rings (SSSR count). The normalized spacial score (nSPS) is 22.1. The summed E-state index contributed by atoms with van der Waals surface area (Å²) in [6.45, 7) is 0. The lowest BCUT2D eigenvalue weighted by Gasteiger charge is -2.27. The SMILES string of the molecule is N#CC1=NN(c2cc(C(F)(F)F)cc(C(F)(F)F)c2)C(O)C1C(O)C(F)(F)F. The zero-order chi connectivity index (χ0) is 21.7. The van der Waals surface area contributed by atoms with Crippen molar-refractivity contribution in [2.45, 2.75) is 30.9 Å². The molecule has 3 unspecified atom stereocenters. The quantitative estimate of drug-likeness (QED) is 0.719. The zero-order valence-electron chi connectivity index (χ0n) is 13.1. The molecule has 14 heteroatoms. The van der Waals surface area contributed by atoms with Gasteiger partial charge in [-0.2, -0.15) is 49.9 Å². The lowest BCUT2D eigenvalue weighted by atomic mass is 9.95. The van der Waals surface area contributed by atoms with Crippen LogP contribution in [0.1, 0.15) is 11.1 Å². The van der Waals surface area contributed by atoms with Gasteiger partial charge in [0, 0.05) is 0 Å². The number of rotatable bonds is 2. The van der Waals surface area contributed by atoms with E-state index in [1.54, 1.807) is 0 Å². The smallest absolute Gasteiger partial charge is 0.383 e. The Bertz CT molecular complexity index is 791. The van der Waals surface area contributed by atoms with Crippen molar-refractivity contribution in [3.05, 3.63) is 29.3 Å². The van der Waals surface area contributed by atoms with Crippen molar-refractivity contribution < 1.29 is 49.7 Å². The number of nitriles is 1. The highest BCUT2D eigenvalue weighted by molar-refractivity contribution is 6.03. The van der Waals surface area contributed by atoms with Crippen LogP contribution in [-0.2, 0) is 12.4 Å². The molecule has 1 aliphatic rings. The van der Waals surface area contributed by atoms with Crippen molar-refractivity contribution in [1.29, 1.82) is 5.26 Å². The molecule has 3 atom stereocenters. The number of halogens is 9. The first-order valence-electron chi connectivity index (χ1n) is 7.07. The van der Waals surface area contributed by atoms with Gasteiger partial charge < -0.3 is 10.2 Å². The molecule has 2 N–H and O–H groups in total. The largest absolute Gasteiger partial charge is 0.416 e. The summed E-state index contributed by atoms with van der Waals surface area (Å²) in [5.41, 5.74) is -5.81. The molecule has 154 valence electrons. The van der Waals surface area contributed by atoms with Gasteiger partial charge in [0.2, 0.25) is 0 Å². The van der Waals surface area contributed by atoms with Crippen LogP contribution in [0.15, 0.2) is 23.3 Å². The van der Waals surface area contributed by atoms with Crippen LogP contribution in [0.5, 0.6) is 0 Å². The second-order valence-corrected chi connectivity index (χ2v) is 5.63. The monoisotopic (exact) mass is 421 g/mol. The summed E-state index contributed by atoms with van der Waals surface area (Å²) in [5.74, 6) is -2.44. The lowest BCUT2D eigenvalue weighted by Crippen LogP contribution is -2.46. The number of aliphatic hydroxyl groups is 2. The number of nitrogens with zero attached hydrogens (tertiary/aromatic N) is 3. The maximum absolute atomic E-state index is 12.9. The van der Waals surface area contributed by atoms with Gasteiger partial charge in [0.05, 0.1) is 22.7 Å². The van der Waals surface area contributed by atoms with E-state index in [1.807, 2.05) is 0 Å². The molecule has 5 nitrogen and oxygen atoms in total. The van der Waals surface area contributed by atoms with Gasteiger partial charge in [-0.25, -0.2) is 5.01 Å². The van der Waals surface area contributed by atoms with E-state index >= 15 is 0 Å². The summed E-state index contributed by atoms with van der Waals surface area (Å²) in [6, 6.07) is 1.12. The highest BCUT2D eigenvalue weighted by Gasteiger charge is 2.53. The van der Waals surface area contributed by atoms with Crippen molar-refractivity contribution in [1.82, 2.24) is 0 Å². The first kappa shape index (κ1) is 21.8. The average molecular weight is 421 g/mol. The highest BCUT2D eigenvalue weighted by atomic mass is 19.4. The molecule has 0 bridgehead atoms. The maximum atomic E-state index is 12.9. The van der Waals surface area contributed by atoms with E-state index in [0.29, 0.717) is 0 Å². The molecule has 1 aromatic carbocycles. The van der Waals surface area contributed by atoms with Crippen LogP contribution >= 0.6 is 0 Å². The fourth-order valence-electron chi connectivity index (χ4n) is 2.43. The third kappa shape index (κ3) is 4.14. The minimum Gasteiger partial charge on any atom is -0.383 e. The van der Waals surface area contributed by atoms with Gasteiger partial charge in [0.1, 0.15) is 11.8 Å². The van der Waals surface area contributed by atoms with Crippen LogP contribution in [0.2, 0.25) is 0 Å². The first-order valence-corrected chi connectivity index (χ1v) is 7.07. The summed E-state index contributed by atoms with van der Waals surface area (Å²) >= 11 is 0. The van der Waals surface area contributed by atoms with Crippen LogP contribution in [0.25, 0.3) is 0 Å². The standard InChI is InChI=1S/C14H8F9N3O2/c15-12(16,17)5-1-6(13(18,19)20)3-7(2-5)26-11(28)9(8(4-24)25-26)10(27)14(21,22)23/h1-3,9-11,27-28H. The second kappa shape index (κ2) is 6.82. The van der Waals surface area contributed by atoms with Gasteiger partial charge >= 0.3 is 18.5 Å². The number of hydrogen-bond donors (Lipinski definition) is 2. The van der Waals surface area contributed by atoms with E-state index in [2.05, 4.69) is 5.10 Å². The third-order valence-electron chi connectivity index (χ3n) is 3.73. The van der Waals surface area contributed by atoms with Crippen LogP contribution < -0.4 is 5.01 Å². The summed E-state index contributed by atoms with van der Waals surface area (Å²) in [6.07, 6.45) is -21.7. The van der Waals surface area contributed by atoms with Crippen molar-refractivity contribution >= 4 is 11.4 Å². The van der Waals surface area contributed by atoms with Crippen LogP contribution in [0.3, 0.4) is 0 Å². The molecule has 0 saturated heterocycles. The van der Waals surface area contributed by atoms with Crippen LogP contribution in [0, 0.1) is 17.2 Å². The molecular formula is C14H8F9N3O2. The summed E-state index contributed by atoms with van der Waals surface area (Å²) in [4.78, 5) is 0. The number of hydrogen-bond acceptors (Lipinski definition) is 5. The number of alkyl halides is 9. The van der Waals surface area contributed by atoms with Gasteiger partial charge in [0.15, 0.2) is 12.3 Å². The van der Waals surface area contributed by atoms with E-state index in [9.17, 15) is 49.7 Å². The molecule has 28 heavy (non-hydrogen) atoms. The lowest BCUT2D eigenvalue weighted by molar-refractivity contribution is -0.218. The fourth-order valence-corrected chi connectivity index (χ4v) is 2.43. The van der Waals surface area contributed by atoms with Gasteiger partial charge in [-0.3, -0.25) is 0 Å². The predicted octanol–water partition coefficient (Wildman–Crippen LogP) is 3.28. The minimum atomic E-state index is -5.34. The average Bonchev–Trinajstić information content (AvgIpc) is 2.87. The van der Waals surface area contributed by atoms with Gasteiger partial charge in [-0.15, -0.1) is 0 Å². The first-order chi connectivity index (χ1) is 12.6. The van der Waals surface area contributed by atoms with E-state index in [1.165, 1.54) is 0 Å². The molecule has 0 spiro atoms. The predicted molar refractivity (Wildman–Crippen MR) is 73.5 cm³/mol. The Kier molecular flexibility index (Phi) is 5.30. The van der Waals surface area contributed by atoms with Gasteiger partial charge in [0.25, 0.3) is 0 Å². The van der Waals surface area contributed by atoms with E-state index < -0.39 is 59.3 Å². The van der Waals surface area contributed by atoms with Crippen molar-refractivity contribution in [3.8, 4) is 6.07 Å². The van der Waals surface area contributed by atoms with Gasteiger partial charge in [-0.1, -0.05) is 0 Å². The molecule has 0 radical (unpaired) electrons. The maximum Gasteiger partial charge on any atom is 0.416 e. The second-order valence-electron chi connectivity index (χ2n) is 5.63. The zero-order valence-corrected chi connectivity index (χ0v) is 13.1. The molecule has 1 heterocycles. The Morgan fingerprint density at radius 3 is 1.79 bits per heavy atom. The van der Waals surface area contributed by atoms with E-state index in [4.69, 9.17) is 5.26 Å². The van der Waals surface area contributed by atoms with Crippen molar-refractivity contribution in [2.24, 2.45) is 11.0 Å². The minimum absolute atomic E-state index is 0.0112. The molecule has 0 aliphatic carbocycles. The number of anilines is 1. The molecular weight excluding hydrogens is 413 g/mol. The highest BCUT2D eigenvalue weighted by Crippen LogP contribution is 2.41. The third-order valence-corrected chi connectivity index (χ3v) is 3.73. The van der Waals surface area contributed by atoms with Crippen LogP contribution in [-0.4, -0.2) is 34.4 Å². The van der Waals surface area contributed by atoms with Crippen molar-refractivity contribution in [2.75, 3.05) is 5.01 Å². The number of aliphatic hydroxyl groups excluding tert-OH is 2. The number of benzene rings is 1. The molecule has 1 aromatic rings. The Morgan fingerprint density at radius 1 is 0.964 bits per heavy atom. The van der Waals surface area contributed by atoms with E-state index in [-0.39, 0.29) is 23.2 Å². The Balaban J connectivity index is 2.59. The summed E-state index contributed by atoms with van der Waals surface area (Å²) in [7, 11) is 0. The topological polar surface area (TPSA) is 79.9 Å². The van der Waals surface area contributed by atoms with E-state index in [0.717, 1.165) is 6.07 Å². The molecule has 0 saturated carbocycles. The molecule has 1 aliphatic heterocycles. The molecule has 0 aromatic heterocycles. The van der Waals surface area contributed by atoms with Gasteiger partial charge in [-0.05, 0) is 18.2 Å². The van der Waals surface area contributed by atoms with Crippen LogP contribution in [0.4, 0.5) is 45.2 Å².